The Morgan fingerprint density at radius 3 is 3.14 bits per heavy atom. The number of hydrogen-bond acceptors (Lipinski definition) is 3. The Morgan fingerprint density at radius 1 is 1.57 bits per heavy atom. The molecule has 1 aromatic carbocycles. The molecule has 0 fully saturated rings. The predicted molar refractivity (Wildman–Crippen MR) is 48.5 cm³/mol. The van der Waals surface area contributed by atoms with Crippen molar-refractivity contribution in [3.8, 4) is 11.5 Å². The molecule has 0 radical (unpaired) electrons. The standard InChI is InChI=1S/C10H10O4/c11-10(12)4-2-7-1-3-8-9(5-7)14-6-13-8/h1,3,5H,2,4,6H2,(H,11,12)/i2D2,4D2,6D2. The van der Waals surface area contributed by atoms with Gasteiger partial charge < -0.3 is 14.6 Å². The third-order valence-corrected chi connectivity index (χ3v) is 1.56. The van der Waals surface area contributed by atoms with Crippen LogP contribution >= 0.6 is 0 Å². The largest absolute Gasteiger partial charge is 0.481 e. The van der Waals surface area contributed by atoms with Gasteiger partial charge in [-0.3, -0.25) is 4.79 Å². The molecule has 0 spiro atoms. The highest BCUT2D eigenvalue weighted by molar-refractivity contribution is 5.67. The molecule has 1 aliphatic rings. The third-order valence-electron chi connectivity index (χ3n) is 1.56. The topological polar surface area (TPSA) is 55.8 Å². The van der Waals surface area contributed by atoms with Crippen molar-refractivity contribution in [3.05, 3.63) is 23.8 Å². The zero-order valence-corrected chi connectivity index (χ0v) is 6.90. The molecule has 1 N–H and O–H groups in total. The summed E-state index contributed by atoms with van der Waals surface area (Å²) in [5, 5.41) is 8.78. The Bertz CT molecular complexity index is 571. The zero-order valence-electron chi connectivity index (χ0n) is 12.9. The molecule has 0 unspecified atom stereocenters. The van der Waals surface area contributed by atoms with Gasteiger partial charge in [0.05, 0.1) is 0 Å². The maximum atomic E-state index is 10.8. The second kappa shape index (κ2) is 3.57. The molecule has 0 aliphatic carbocycles. The first-order valence-electron chi connectivity index (χ1n) is 6.73. The minimum absolute atomic E-state index is 0.0328. The van der Waals surface area contributed by atoms with Gasteiger partial charge in [0, 0.05) is 11.9 Å². The molecule has 1 aromatic rings. The molecule has 1 aliphatic heterocycles. The van der Waals surface area contributed by atoms with Crippen molar-refractivity contribution in [1.29, 1.82) is 0 Å². The molecule has 0 aromatic heterocycles. The molecule has 0 atom stereocenters. The minimum atomic E-state index is -3.15. The first kappa shape index (κ1) is 4.21. The predicted octanol–water partition coefficient (Wildman–Crippen LogP) is 1.43. The zero-order chi connectivity index (χ0) is 15.3. The number of hydrogen-bond donors (Lipinski definition) is 1. The summed E-state index contributed by atoms with van der Waals surface area (Å²) in [4.78, 5) is 10.8. The molecule has 2 rings (SSSR count). The summed E-state index contributed by atoms with van der Waals surface area (Å²) in [5.41, 5.74) is -0.287. The molecule has 14 heavy (non-hydrogen) atoms. The van der Waals surface area contributed by atoms with Crippen LogP contribution in [-0.2, 0) is 11.2 Å². The number of benzene rings is 1. The first-order chi connectivity index (χ1) is 8.97. The van der Waals surface area contributed by atoms with Crippen LogP contribution in [0.3, 0.4) is 0 Å². The molecule has 4 nitrogen and oxygen atoms in total. The molecule has 4 heteroatoms. The molecule has 0 bridgehead atoms. The fraction of sp³-hybridized carbons (Fsp3) is 0.300. The number of rotatable bonds is 3. The van der Waals surface area contributed by atoms with E-state index in [2.05, 4.69) is 0 Å². The number of fused-ring (bicyclic) bond motifs is 1. The van der Waals surface area contributed by atoms with Crippen molar-refractivity contribution < 1.29 is 27.6 Å². The van der Waals surface area contributed by atoms with E-state index in [1.165, 1.54) is 6.07 Å². The summed E-state index contributed by atoms with van der Waals surface area (Å²) in [5.74, 6) is -2.02. The molecule has 0 saturated heterocycles. The van der Waals surface area contributed by atoms with E-state index >= 15 is 0 Å². The van der Waals surface area contributed by atoms with Gasteiger partial charge in [-0.1, -0.05) is 6.07 Å². The van der Waals surface area contributed by atoms with Gasteiger partial charge >= 0.3 is 5.97 Å². The van der Waals surface area contributed by atoms with Crippen LogP contribution in [0.5, 0.6) is 11.5 Å². The number of carboxylic acids is 1. The lowest BCUT2D eigenvalue weighted by molar-refractivity contribution is -0.136. The summed E-state index contributed by atoms with van der Waals surface area (Å²) < 4.78 is 54.1. The van der Waals surface area contributed by atoms with Crippen molar-refractivity contribution in [3.63, 3.8) is 0 Å². The van der Waals surface area contributed by atoms with Gasteiger partial charge in [0.1, 0.15) is 2.74 Å². The summed E-state index contributed by atoms with van der Waals surface area (Å²) in [6.45, 7) is -2.39. The maximum Gasteiger partial charge on any atom is 0.303 e. The molecular weight excluding hydrogens is 184 g/mol. The van der Waals surface area contributed by atoms with Crippen molar-refractivity contribution in [2.24, 2.45) is 0 Å². The number of carbonyl (C=O) groups is 1. The fourth-order valence-electron chi connectivity index (χ4n) is 0.986. The van der Waals surface area contributed by atoms with Crippen molar-refractivity contribution in [2.45, 2.75) is 12.7 Å². The van der Waals surface area contributed by atoms with Gasteiger partial charge in [0.2, 0.25) is 6.75 Å². The Balaban J connectivity index is 2.44. The highest BCUT2D eigenvalue weighted by Gasteiger charge is 2.13. The van der Waals surface area contributed by atoms with Gasteiger partial charge in [-0.15, -0.1) is 0 Å². The Morgan fingerprint density at radius 2 is 2.36 bits per heavy atom. The summed E-state index contributed by atoms with van der Waals surface area (Å²) in [6, 6.07) is 3.36. The lowest BCUT2D eigenvalue weighted by atomic mass is 10.1. The lowest BCUT2D eigenvalue weighted by Gasteiger charge is -2.00. The first-order valence-corrected chi connectivity index (χ1v) is 3.73. The quantitative estimate of drug-likeness (QED) is 0.802. The average molecular weight is 200 g/mol. The van der Waals surface area contributed by atoms with E-state index in [0.717, 1.165) is 12.1 Å². The van der Waals surface area contributed by atoms with E-state index in [-0.39, 0.29) is 17.1 Å². The fourth-order valence-corrected chi connectivity index (χ4v) is 0.986. The summed E-state index contributed by atoms with van der Waals surface area (Å²) >= 11 is 0. The summed E-state index contributed by atoms with van der Waals surface area (Å²) in [7, 11) is 0. The number of ether oxygens (including phenoxy) is 2. The highest BCUT2D eigenvalue weighted by Crippen LogP contribution is 2.32. The van der Waals surface area contributed by atoms with E-state index in [1.807, 2.05) is 0 Å². The van der Waals surface area contributed by atoms with Crippen molar-refractivity contribution in [2.75, 3.05) is 6.75 Å². The van der Waals surface area contributed by atoms with E-state index < -0.39 is 25.5 Å². The van der Waals surface area contributed by atoms with E-state index in [9.17, 15) is 4.79 Å². The van der Waals surface area contributed by atoms with Crippen LogP contribution in [0.15, 0.2) is 18.2 Å². The van der Waals surface area contributed by atoms with Crippen LogP contribution in [0.25, 0.3) is 0 Å². The van der Waals surface area contributed by atoms with Gasteiger partial charge in [0.25, 0.3) is 0 Å². The van der Waals surface area contributed by atoms with Crippen molar-refractivity contribution >= 4 is 5.97 Å². The second-order valence-electron chi connectivity index (χ2n) is 2.50. The molecular formula is C10H10O4. The van der Waals surface area contributed by atoms with Gasteiger partial charge in [-0.25, -0.2) is 0 Å². The lowest BCUT2D eigenvalue weighted by Crippen LogP contribution is -1.97. The Labute approximate surface area is 89.5 Å². The number of aliphatic carboxylic acids is 1. The smallest absolute Gasteiger partial charge is 0.303 e. The molecule has 1 heterocycles. The monoisotopic (exact) mass is 200 g/mol. The third kappa shape index (κ3) is 1.79. The van der Waals surface area contributed by atoms with Crippen LogP contribution in [0.1, 0.15) is 20.2 Å². The van der Waals surface area contributed by atoms with Gasteiger partial charge in [0.15, 0.2) is 11.5 Å². The highest BCUT2D eigenvalue weighted by atomic mass is 16.7. The van der Waals surface area contributed by atoms with Crippen molar-refractivity contribution in [1.82, 2.24) is 0 Å². The number of carboxylic acid groups (broad SMARTS) is 1. The average Bonchev–Trinajstić information content (AvgIpc) is 2.60. The van der Waals surface area contributed by atoms with E-state index in [0.29, 0.717) is 0 Å². The van der Waals surface area contributed by atoms with E-state index in [1.54, 1.807) is 0 Å². The normalized spacial score (nSPS) is 24.9. The summed E-state index contributed by atoms with van der Waals surface area (Å²) in [6.07, 6.45) is -5.98. The SMILES string of the molecule is [2H]C1([2H])Oc2ccc(C([2H])([2H])C([2H])([2H])C(=O)O)cc2O1. The van der Waals surface area contributed by atoms with Gasteiger partial charge in [-0.2, -0.15) is 0 Å². The molecule has 0 amide bonds. The van der Waals surface area contributed by atoms with Crippen LogP contribution in [-0.4, -0.2) is 17.8 Å². The molecule has 74 valence electrons. The number of aryl methyl sites for hydroxylation is 1. The minimum Gasteiger partial charge on any atom is -0.481 e. The Kier molecular flexibility index (Phi) is 1.07. The van der Waals surface area contributed by atoms with E-state index in [4.69, 9.17) is 22.8 Å². The molecule has 0 saturated carbocycles. The van der Waals surface area contributed by atoms with Gasteiger partial charge in [-0.05, 0) is 24.1 Å². The van der Waals surface area contributed by atoms with Crippen LogP contribution < -0.4 is 9.47 Å². The van der Waals surface area contributed by atoms with Crippen LogP contribution in [0.4, 0.5) is 0 Å². The van der Waals surface area contributed by atoms with Crippen LogP contribution in [0, 0.1) is 0 Å². The van der Waals surface area contributed by atoms with Crippen LogP contribution in [0.2, 0.25) is 0 Å². The maximum absolute atomic E-state index is 10.8. The Hall–Kier alpha value is -1.71. The second-order valence-corrected chi connectivity index (χ2v) is 2.50.